The quantitative estimate of drug-likeness (QED) is 0.780. The third-order valence-electron chi connectivity index (χ3n) is 2.39. The van der Waals surface area contributed by atoms with Crippen LogP contribution in [0.15, 0.2) is 64.8 Å². The molecule has 4 nitrogen and oxygen atoms in total. The van der Waals surface area contributed by atoms with Gasteiger partial charge in [0.25, 0.3) is 0 Å². The summed E-state index contributed by atoms with van der Waals surface area (Å²) in [5.74, 6) is 0. The van der Waals surface area contributed by atoms with Gasteiger partial charge in [-0.05, 0) is 30.7 Å². The highest BCUT2D eigenvalue weighted by molar-refractivity contribution is 5.89. The number of azo groups is 1. The van der Waals surface area contributed by atoms with Crippen LogP contribution in [0.3, 0.4) is 0 Å². The van der Waals surface area contributed by atoms with Crippen molar-refractivity contribution >= 4 is 17.4 Å². The summed E-state index contributed by atoms with van der Waals surface area (Å²) in [4.78, 5) is 11.5. The van der Waals surface area contributed by atoms with E-state index in [0.717, 1.165) is 5.56 Å². The van der Waals surface area contributed by atoms with Crippen molar-refractivity contribution in [2.45, 2.75) is 6.92 Å². The third kappa shape index (κ3) is 3.25. The highest BCUT2D eigenvalue weighted by atomic mass is 16.2. The molecule has 0 aliphatic rings. The molecule has 0 fully saturated rings. The highest BCUT2D eigenvalue weighted by Gasteiger charge is 1.99. The maximum Gasteiger partial charge on any atom is 0.364 e. The molecule has 2 aromatic carbocycles. The van der Waals surface area contributed by atoms with Gasteiger partial charge in [0.2, 0.25) is 0 Å². The monoisotopic (exact) mass is 239 g/mol. The molecule has 1 N–H and O–H groups in total. The number of nitrogens with one attached hydrogen (secondary N) is 1. The van der Waals surface area contributed by atoms with Gasteiger partial charge in [0.05, 0.1) is 5.69 Å². The largest absolute Gasteiger partial charge is 0.364 e. The second kappa shape index (κ2) is 5.72. The minimum atomic E-state index is -0.482. The van der Waals surface area contributed by atoms with E-state index >= 15 is 0 Å². The fourth-order valence-corrected chi connectivity index (χ4v) is 1.44. The van der Waals surface area contributed by atoms with Crippen LogP contribution in [-0.2, 0) is 0 Å². The minimum Gasteiger partial charge on any atom is -0.305 e. The molecule has 0 aromatic heterocycles. The Morgan fingerprint density at radius 1 is 1.00 bits per heavy atom. The first kappa shape index (κ1) is 12.0. The summed E-state index contributed by atoms with van der Waals surface area (Å²) >= 11 is 0. The van der Waals surface area contributed by atoms with Crippen LogP contribution in [0.4, 0.5) is 16.2 Å². The Morgan fingerprint density at radius 3 is 2.39 bits per heavy atom. The predicted octanol–water partition coefficient (Wildman–Crippen LogP) is 4.31. The lowest BCUT2D eigenvalue weighted by atomic mass is 10.2. The van der Waals surface area contributed by atoms with Crippen LogP contribution >= 0.6 is 0 Å². The molecule has 0 bridgehead atoms. The van der Waals surface area contributed by atoms with E-state index in [1.54, 1.807) is 12.1 Å². The van der Waals surface area contributed by atoms with Crippen molar-refractivity contribution in [2.24, 2.45) is 10.2 Å². The number of aryl methyl sites for hydroxylation is 1. The summed E-state index contributed by atoms with van der Waals surface area (Å²) in [6, 6.07) is 16.2. The second-order valence-electron chi connectivity index (χ2n) is 3.78. The lowest BCUT2D eigenvalue weighted by Gasteiger charge is -2.00. The van der Waals surface area contributed by atoms with Crippen LogP contribution in [-0.4, -0.2) is 6.03 Å². The topological polar surface area (TPSA) is 53.8 Å². The summed E-state index contributed by atoms with van der Waals surface area (Å²) in [5, 5.41) is 10.2. The zero-order chi connectivity index (χ0) is 12.8. The van der Waals surface area contributed by atoms with Gasteiger partial charge in [0, 0.05) is 5.69 Å². The van der Waals surface area contributed by atoms with Gasteiger partial charge in [-0.1, -0.05) is 41.5 Å². The van der Waals surface area contributed by atoms with E-state index < -0.39 is 6.03 Å². The molecule has 90 valence electrons. The number of rotatable bonds is 2. The van der Waals surface area contributed by atoms with Crippen molar-refractivity contribution < 1.29 is 4.79 Å². The van der Waals surface area contributed by atoms with Crippen molar-refractivity contribution in [1.82, 2.24) is 0 Å². The number of hydrogen-bond donors (Lipinski definition) is 1. The Hall–Kier alpha value is -2.49. The lowest BCUT2D eigenvalue weighted by molar-refractivity contribution is 0.258. The van der Waals surface area contributed by atoms with E-state index in [1.807, 2.05) is 49.4 Å². The van der Waals surface area contributed by atoms with Crippen molar-refractivity contribution in [1.29, 1.82) is 0 Å². The Morgan fingerprint density at radius 2 is 1.67 bits per heavy atom. The van der Waals surface area contributed by atoms with E-state index in [9.17, 15) is 4.79 Å². The highest BCUT2D eigenvalue weighted by Crippen LogP contribution is 2.17. The first-order valence-electron chi connectivity index (χ1n) is 5.59. The number of amides is 2. The zero-order valence-electron chi connectivity index (χ0n) is 10.00. The van der Waals surface area contributed by atoms with Gasteiger partial charge in [0.1, 0.15) is 0 Å². The normalized spacial score (nSPS) is 10.5. The molecule has 2 amide bonds. The fraction of sp³-hybridized carbons (Fsp3) is 0.0714. The molecule has 0 radical (unpaired) electrons. The number of urea groups is 1. The predicted molar refractivity (Wildman–Crippen MR) is 71.2 cm³/mol. The Labute approximate surface area is 105 Å². The molecule has 0 saturated carbocycles. The minimum absolute atomic E-state index is 0.482. The molecular formula is C14H13N3O. The number of carbonyl (C=O) groups is 1. The van der Waals surface area contributed by atoms with E-state index in [0.29, 0.717) is 11.4 Å². The average Bonchev–Trinajstić information content (AvgIpc) is 2.39. The molecule has 0 aliphatic carbocycles. The van der Waals surface area contributed by atoms with E-state index in [4.69, 9.17) is 0 Å². The maximum absolute atomic E-state index is 11.5. The van der Waals surface area contributed by atoms with E-state index in [2.05, 4.69) is 15.5 Å². The van der Waals surface area contributed by atoms with Crippen LogP contribution in [0.2, 0.25) is 0 Å². The molecule has 0 atom stereocenters. The summed E-state index contributed by atoms with van der Waals surface area (Å²) < 4.78 is 0. The van der Waals surface area contributed by atoms with Crippen molar-refractivity contribution in [3.63, 3.8) is 0 Å². The van der Waals surface area contributed by atoms with Crippen molar-refractivity contribution in [2.75, 3.05) is 5.32 Å². The van der Waals surface area contributed by atoms with Gasteiger partial charge >= 0.3 is 6.03 Å². The first-order chi connectivity index (χ1) is 8.75. The molecule has 0 heterocycles. The molecule has 0 unspecified atom stereocenters. The van der Waals surface area contributed by atoms with Gasteiger partial charge in [-0.15, -0.1) is 5.11 Å². The zero-order valence-corrected chi connectivity index (χ0v) is 10.00. The SMILES string of the molecule is Cc1ccccc1N=NC(=O)Nc1ccccc1. The standard InChI is InChI=1S/C14H13N3O/c1-11-7-5-6-10-13(11)16-17-14(18)15-12-8-3-2-4-9-12/h2-10H,1H3,(H,15,18). The molecule has 2 rings (SSSR count). The Kier molecular flexibility index (Phi) is 3.81. The lowest BCUT2D eigenvalue weighted by Crippen LogP contribution is -2.04. The van der Waals surface area contributed by atoms with Crippen molar-refractivity contribution in [3.05, 3.63) is 60.2 Å². The third-order valence-corrected chi connectivity index (χ3v) is 2.39. The fourth-order valence-electron chi connectivity index (χ4n) is 1.44. The Bertz CT molecular complexity index is 564. The van der Waals surface area contributed by atoms with E-state index in [1.165, 1.54) is 0 Å². The number of carbonyl (C=O) groups excluding carboxylic acids is 1. The number of benzene rings is 2. The molecular weight excluding hydrogens is 226 g/mol. The van der Waals surface area contributed by atoms with Crippen LogP contribution < -0.4 is 5.32 Å². The smallest absolute Gasteiger partial charge is 0.305 e. The number of nitrogens with zero attached hydrogens (tertiary/aromatic N) is 2. The van der Waals surface area contributed by atoms with Gasteiger partial charge in [-0.3, -0.25) is 0 Å². The molecule has 0 saturated heterocycles. The van der Waals surface area contributed by atoms with Crippen LogP contribution in [0.5, 0.6) is 0 Å². The van der Waals surface area contributed by atoms with Crippen molar-refractivity contribution in [3.8, 4) is 0 Å². The number of hydrogen-bond acceptors (Lipinski definition) is 2. The molecule has 0 spiro atoms. The Balaban J connectivity index is 2.02. The summed E-state index contributed by atoms with van der Waals surface area (Å²) in [6.07, 6.45) is 0. The second-order valence-corrected chi connectivity index (χ2v) is 3.78. The van der Waals surface area contributed by atoms with E-state index in [-0.39, 0.29) is 0 Å². The molecule has 18 heavy (non-hydrogen) atoms. The van der Waals surface area contributed by atoms with Crippen LogP contribution in [0.25, 0.3) is 0 Å². The molecule has 0 aliphatic heterocycles. The number of anilines is 1. The van der Waals surface area contributed by atoms with Gasteiger partial charge in [0.15, 0.2) is 0 Å². The van der Waals surface area contributed by atoms with Gasteiger partial charge in [-0.25, -0.2) is 4.79 Å². The average molecular weight is 239 g/mol. The van der Waals surface area contributed by atoms with Gasteiger partial charge in [-0.2, -0.15) is 0 Å². The van der Waals surface area contributed by atoms with Crippen LogP contribution in [0.1, 0.15) is 5.56 Å². The summed E-state index contributed by atoms with van der Waals surface area (Å²) in [6.45, 7) is 1.92. The first-order valence-corrected chi connectivity index (χ1v) is 5.59. The summed E-state index contributed by atoms with van der Waals surface area (Å²) in [5.41, 5.74) is 2.38. The molecule has 4 heteroatoms. The summed E-state index contributed by atoms with van der Waals surface area (Å²) in [7, 11) is 0. The van der Waals surface area contributed by atoms with Crippen LogP contribution in [0, 0.1) is 6.92 Å². The number of para-hydroxylation sites is 1. The van der Waals surface area contributed by atoms with Gasteiger partial charge < -0.3 is 5.32 Å². The maximum atomic E-state index is 11.5. The molecule has 2 aromatic rings.